The third-order valence-electron chi connectivity index (χ3n) is 5.37. The Kier molecular flexibility index (Phi) is 5.68. The summed E-state index contributed by atoms with van der Waals surface area (Å²) in [4.78, 5) is 24.5. The summed E-state index contributed by atoms with van der Waals surface area (Å²) in [6, 6.07) is 14.3. The molecule has 0 unspecified atom stereocenters. The Hall–Kier alpha value is -4.07. The molecular formula is C25H18F3NO4. The summed E-state index contributed by atoms with van der Waals surface area (Å²) in [5.41, 5.74) is 0.679. The first-order chi connectivity index (χ1) is 15.8. The molecule has 0 saturated heterocycles. The van der Waals surface area contributed by atoms with Gasteiger partial charge in [0, 0.05) is 28.6 Å². The van der Waals surface area contributed by atoms with E-state index in [0.717, 1.165) is 12.1 Å². The molecular weight excluding hydrogens is 435 g/mol. The molecule has 8 heteroatoms. The average molecular weight is 453 g/mol. The molecule has 0 aliphatic carbocycles. The molecule has 5 nitrogen and oxygen atoms in total. The highest BCUT2D eigenvalue weighted by Crippen LogP contribution is 2.34. The van der Waals surface area contributed by atoms with E-state index in [1.54, 1.807) is 36.5 Å². The fourth-order valence-electron chi connectivity index (χ4n) is 3.65. The molecule has 0 atom stereocenters. The second-order valence-corrected chi connectivity index (χ2v) is 7.25. The summed E-state index contributed by atoms with van der Waals surface area (Å²) in [7, 11) is 2.90. The lowest BCUT2D eigenvalue weighted by atomic mass is 9.99. The maximum Gasteiger partial charge on any atom is 0.416 e. The number of aromatic nitrogens is 1. The summed E-state index contributed by atoms with van der Waals surface area (Å²) in [6.45, 7) is 0. The smallest absolute Gasteiger partial charge is 0.416 e. The average Bonchev–Trinajstić information content (AvgIpc) is 2.83. The molecule has 0 N–H and O–H groups in total. The SMILES string of the molecule is COc1ccc2c(=O)n(-c3ccc(C=O)c(OC)c3)cc(-c3ccc(C(F)(F)F)cc3)c2c1. The summed E-state index contributed by atoms with van der Waals surface area (Å²) < 4.78 is 51.0. The molecule has 1 aromatic heterocycles. The van der Waals surface area contributed by atoms with Crippen LogP contribution in [0.1, 0.15) is 15.9 Å². The predicted octanol–water partition coefficient (Wildman–Crippen LogP) is 5.51. The Morgan fingerprint density at radius 1 is 0.879 bits per heavy atom. The second kappa shape index (κ2) is 8.46. The van der Waals surface area contributed by atoms with Gasteiger partial charge >= 0.3 is 6.18 Å². The van der Waals surface area contributed by atoms with Gasteiger partial charge in [0.25, 0.3) is 5.56 Å². The van der Waals surface area contributed by atoms with Crippen LogP contribution < -0.4 is 15.0 Å². The van der Waals surface area contributed by atoms with Crippen molar-refractivity contribution in [1.29, 1.82) is 0 Å². The van der Waals surface area contributed by atoms with E-state index in [-0.39, 0.29) is 5.56 Å². The molecule has 0 radical (unpaired) electrons. The lowest BCUT2D eigenvalue weighted by Gasteiger charge is -2.15. The van der Waals surface area contributed by atoms with Gasteiger partial charge in [0.1, 0.15) is 11.5 Å². The molecule has 0 saturated carbocycles. The lowest BCUT2D eigenvalue weighted by molar-refractivity contribution is -0.137. The van der Waals surface area contributed by atoms with Crippen molar-refractivity contribution in [2.45, 2.75) is 6.18 Å². The van der Waals surface area contributed by atoms with E-state index in [1.807, 2.05) is 0 Å². The quantitative estimate of drug-likeness (QED) is 0.374. The second-order valence-electron chi connectivity index (χ2n) is 7.25. The van der Waals surface area contributed by atoms with Gasteiger partial charge in [-0.25, -0.2) is 0 Å². The number of hydrogen-bond donors (Lipinski definition) is 0. The van der Waals surface area contributed by atoms with Crippen LogP contribution in [0.4, 0.5) is 13.2 Å². The molecule has 4 rings (SSSR count). The monoisotopic (exact) mass is 453 g/mol. The van der Waals surface area contributed by atoms with Crippen molar-refractivity contribution in [3.8, 4) is 28.3 Å². The number of halogens is 3. The van der Waals surface area contributed by atoms with Crippen LogP contribution in [0.15, 0.2) is 71.7 Å². The van der Waals surface area contributed by atoms with Gasteiger partial charge in [-0.15, -0.1) is 0 Å². The fourth-order valence-corrected chi connectivity index (χ4v) is 3.65. The van der Waals surface area contributed by atoms with E-state index in [2.05, 4.69) is 0 Å². The number of rotatable bonds is 5. The van der Waals surface area contributed by atoms with E-state index >= 15 is 0 Å². The van der Waals surface area contributed by atoms with Crippen molar-refractivity contribution in [2.24, 2.45) is 0 Å². The summed E-state index contributed by atoms with van der Waals surface area (Å²) in [6.07, 6.45) is -2.26. The number of carbonyl (C=O) groups excluding carboxylic acids is 1. The van der Waals surface area contributed by atoms with Crippen molar-refractivity contribution >= 4 is 17.1 Å². The van der Waals surface area contributed by atoms with Gasteiger partial charge in [-0.1, -0.05) is 12.1 Å². The molecule has 0 bridgehead atoms. The van der Waals surface area contributed by atoms with E-state index < -0.39 is 11.7 Å². The highest BCUT2D eigenvalue weighted by Gasteiger charge is 2.30. The molecule has 0 amide bonds. The molecule has 168 valence electrons. The Morgan fingerprint density at radius 2 is 1.61 bits per heavy atom. The van der Waals surface area contributed by atoms with Gasteiger partial charge in [-0.3, -0.25) is 14.2 Å². The highest BCUT2D eigenvalue weighted by molar-refractivity contribution is 5.97. The molecule has 0 aliphatic heterocycles. The Morgan fingerprint density at radius 3 is 2.21 bits per heavy atom. The van der Waals surface area contributed by atoms with Gasteiger partial charge in [0.05, 0.1) is 31.0 Å². The zero-order chi connectivity index (χ0) is 23.8. The van der Waals surface area contributed by atoms with E-state index in [9.17, 15) is 22.8 Å². The molecule has 0 aliphatic rings. The topological polar surface area (TPSA) is 57.5 Å². The zero-order valence-corrected chi connectivity index (χ0v) is 17.6. The van der Waals surface area contributed by atoms with Crippen LogP contribution in [-0.2, 0) is 6.18 Å². The minimum absolute atomic E-state index is 0.292. The Balaban J connectivity index is 2.00. The van der Waals surface area contributed by atoms with Crippen molar-refractivity contribution in [3.05, 3.63) is 88.3 Å². The van der Waals surface area contributed by atoms with E-state index in [0.29, 0.717) is 50.9 Å². The van der Waals surface area contributed by atoms with Crippen LogP contribution in [0.5, 0.6) is 11.5 Å². The normalized spacial score (nSPS) is 11.4. The third kappa shape index (κ3) is 4.07. The summed E-state index contributed by atoms with van der Waals surface area (Å²) >= 11 is 0. The first-order valence-electron chi connectivity index (χ1n) is 9.81. The van der Waals surface area contributed by atoms with Crippen LogP contribution in [0.3, 0.4) is 0 Å². The lowest BCUT2D eigenvalue weighted by Crippen LogP contribution is -2.18. The molecule has 4 aromatic rings. The Bertz CT molecular complexity index is 1410. The number of alkyl halides is 3. The van der Waals surface area contributed by atoms with Gasteiger partial charge in [-0.05, 0) is 48.0 Å². The van der Waals surface area contributed by atoms with Gasteiger partial charge in [0.15, 0.2) is 6.29 Å². The van der Waals surface area contributed by atoms with Crippen molar-refractivity contribution in [2.75, 3.05) is 14.2 Å². The minimum atomic E-state index is -4.46. The number of methoxy groups -OCH3 is 2. The maximum absolute atomic E-state index is 13.3. The standard InChI is InChI=1S/C25H18F3NO4/c1-32-19-9-10-20-21(12-19)22(15-3-6-17(7-4-15)25(26,27)28)13-29(24(20)31)18-8-5-16(14-30)23(11-18)33-2/h3-14H,1-2H3. The minimum Gasteiger partial charge on any atom is -0.497 e. The van der Waals surface area contributed by atoms with Crippen LogP contribution in [0.25, 0.3) is 27.6 Å². The number of fused-ring (bicyclic) bond motifs is 1. The van der Waals surface area contributed by atoms with Crippen LogP contribution in [-0.4, -0.2) is 25.1 Å². The van der Waals surface area contributed by atoms with Gasteiger partial charge in [-0.2, -0.15) is 13.2 Å². The molecule has 33 heavy (non-hydrogen) atoms. The number of nitrogens with zero attached hydrogens (tertiary/aromatic N) is 1. The first kappa shape index (κ1) is 22.1. The van der Waals surface area contributed by atoms with Gasteiger partial charge in [0.2, 0.25) is 0 Å². The third-order valence-corrected chi connectivity index (χ3v) is 5.37. The van der Waals surface area contributed by atoms with E-state index in [1.165, 1.54) is 37.0 Å². The van der Waals surface area contributed by atoms with Crippen molar-refractivity contribution < 1.29 is 27.4 Å². The van der Waals surface area contributed by atoms with Crippen LogP contribution in [0, 0.1) is 0 Å². The number of aldehydes is 1. The zero-order valence-electron chi connectivity index (χ0n) is 17.6. The molecule has 1 heterocycles. The van der Waals surface area contributed by atoms with Crippen LogP contribution >= 0.6 is 0 Å². The number of pyridine rings is 1. The van der Waals surface area contributed by atoms with E-state index in [4.69, 9.17) is 9.47 Å². The summed E-state index contributed by atoms with van der Waals surface area (Å²) in [5, 5.41) is 0.887. The number of hydrogen-bond acceptors (Lipinski definition) is 4. The molecule has 0 spiro atoms. The first-order valence-corrected chi connectivity index (χ1v) is 9.81. The summed E-state index contributed by atoms with van der Waals surface area (Å²) in [5.74, 6) is 0.796. The van der Waals surface area contributed by atoms with Crippen molar-refractivity contribution in [3.63, 3.8) is 0 Å². The highest BCUT2D eigenvalue weighted by atomic mass is 19.4. The van der Waals surface area contributed by atoms with Gasteiger partial charge < -0.3 is 9.47 Å². The number of benzene rings is 3. The number of ether oxygens (including phenoxy) is 2. The molecule has 3 aromatic carbocycles. The Labute approximate surface area is 186 Å². The van der Waals surface area contributed by atoms with Crippen molar-refractivity contribution in [1.82, 2.24) is 4.57 Å². The fraction of sp³-hybridized carbons (Fsp3) is 0.120. The maximum atomic E-state index is 13.3. The number of carbonyl (C=O) groups is 1. The predicted molar refractivity (Wildman–Crippen MR) is 118 cm³/mol. The van der Waals surface area contributed by atoms with Crippen LogP contribution in [0.2, 0.25) is 0 Å². The largest absolute Gasteiger partial charge is 0.497 e. The molecule has 0 fully saturated rings.